The highest BCUT2D eigenvalue weighted by atomic mass is 35.5. The molecule has 0 radical (unpaired) electrons. The molecule has 1 saturated heterocycles. The van der Waals surface area contributed by atoms with E-state index in [9.17, 15) is 9.59 Å². The van der Waals surface area contributed by atoms with E-state index in [1.54, 1.807) is 18.2 Å². The van der Waals surface area contributed by atoms with Crippen LogP contribution in [0.25, 0.3) is 0 Å². The van der Waals surface area contributed by atoms with Crippen LogP contribution >= 0.6 is 23.2 Å². The van der Waals surface area contributed by atoms with E-state index in [1.165, 1.54) is 4.90 Å². The van der Waals surface area contributed by atoms with Crippen LogP contribution in [0.3, 0.4) is 0 Å². The minimum absolute atomic E-state index is 0.0654. The highest BCUT2D eigenvalue weighted by molar-refractivity contribution is 6.40. The number of nitrogens with zero attached hydrogens (tertiary/aromatic N) is 1. The summed E-state index contributed by atoms with van der Waals surface area (Å²) in [5.74, 6) is -0.374. The summed E-state index contributed by atoms with van der Waals surface area (Å²) in [5, 5.41) is 3.53. The molecule has 1 aromatic rings. The van der Waals surface area contributed by atoms with Crippen molar-refractivity contribution in [2.75, 3.05) is 11.4 Å². The molecule has 0 aromatic heterocycles. The lowest BCUT2D eigenvalue weighted by Crippen LogP contribution is -2.66. The topological polar surface area (TPSA) is 49.4 Å². The third-order valence-electron chi connectivity index (χ3n) is 3.75. The lowest BCUT2D eigenvalue weighted by Gasteiger charge is -2.41. The maximum absolute atomic E-state index is 12.8. The number of halogens is 2. The number of hydrogen-bond donors (Lipinski definition) is 1. The molecule has 0 aliphatic carbocycles. The Morgan fingerprint density at radius 1 is 1.20 bits per heavy atom. The van der Waals surface area contributed by atoms with Crippen molar-refractivity contribution >= 4 is 40.7 Å². The zero-order valence-corrected chi connectivity index (χ0v) is 12.9. The van der Waals surface area contributed by atoms with Gasteiger partial charge in [0, 0.05) is 0 Å². The fourth-order valence-corrected chi connectivity index (χ4v) is 3.09. The summed E-state index contributed by atoms with van der Waals surface area (Å²) in [4.78, 5) is 26.1. The van der Waals surface area contributed by atoms with E-state index < -0.39 is 5.54 Å². The summed E-state index contributed by atoms with van der Waals surface area (Å²) in [5.41, 5.74) is -0.473. The number of anilines is 1. The Morgan fingerprint density at radius 2 is 1.75 bits per heavy atom. The number of carbonyl (C=O) groups excluding carboxylic acids is 2. The van der Waals surface area contributed by atoms with Gasteiger partial charge in [-0.2, -0.15) is 0 Å². The molecule has 1 fully saturated rings. The van der Waals surface area contributed by atoms with Gasteiger partial charge in [0.25, 0.3) is 5.91 Å². The number of benzene rings is 1. The molecule has 1 N–H and O–H groups in total. The van der Waals surface area contributed by atoms with E-state index in [-0.39, 0.29) is 18.4 Å². The molecule has 2 amide bonds. The first-order valence-corrected chi connectivity index (χ1v) is 7.27. The van der Waals surface area contributed by atoms with E-state index in [0.29, 0.717) is 28.6 Å². The van der Waals surface area contributed by atoms with Crippen LogP contribution in [0.4, 0.5) is 5.69 Å². The van der Waals surface area contributed by atoms with Crippen LogP contribution in [0.2, 0.25) is 10.0 Å². The molecule has 1 aromatic carbocycles. The molecule has 0 saturated carbocycles. The van der Waals surface area contributed by atoms with Crippen molar-refractivity contribution in [3.05, 3.63) is 28.2 Å². The normalized spacial score (nSPS) is 18.1. The van der Waals surface area contributed by atoms with Crippen molar-refractivity contribution in [1.29, 1.82) is 0 Å². The van der Waals surface area contributed by atoms with E-state index in [0.717, 1.165) is 0 Å². The predicted octanol–water partition coefficient (Wildman–Crippen LogP) is 3.02. The highest BCUT2D eigenvalue weighted by Crippen LogP contribution is 2.36. The van der Waals surface area contributed by atoms with Gasteiger partial charge in [-0.25, -0.2) is 0 Å². The number of rotatable bonds is 3. The lowest BCUT2D eigenvalue weighted by atomic mass is 9.88. The summed E-state index contributed by atoms with van der Waals surface area (Å²) in [6.07, 6.45) is 1.04. The minimum atomic E-state index is -0.877. The number of hydrogen-bond acceptors (Lipinski definition) is 2. The van der Waals surface area contributed by atoms with Crippen molar-refractivity contribution < 1.29 is 9.59 Å². The SMILES string of the molecule is CCC1(CC)NC(=O)CN(c2c(Cl)cccc2Cl)C1=O. The van der Waals surface area contributed by atoms with Gasteiger partial charge in [0.15, 0.2) is 0 Å². The monoisotopic (exact) mass is 314 g/mol. The van der Waals surface area contributed by atoms with E-state index >= 15 is 0 Å². The third kappa shape index (κ3) is 2.38. The average Bonchev–Trinajstić information content (AvgIpc) is 2.42. The standard InChI is InChI=1S/C14H16Cl2N2O2/c1-3-14(4-2)13(20)18(8-11(19)17-14)12-9(15)6-5-7-10(12)16/h5-7H,3-4,8H2,1-2H3,(H,17,19). The maximum Gasteiger partial charge on any atom is 0.253 e. The Kier molecular flexibility index (Phi) is 4.25. The summed E-state index contributed by atoms with van der Waals surface area (Å²) in [6, 6.07) is 5.01. The molecule has 6 heteroatoms. The van der Waals surface area contributed by atoms with Gasteiger partial charge in [0.05, 0.1) is 15.7 Å². The molecule has 4 nitrogen and oxygen atoms in total. The summed E-state index contributed by atoms with van der Waals surface area (Å²) >= 11 is 12.3. The molecule has 108 valence electrons. The fraction of sp³-hybridized carbons (Fsp3) is 0.429. The Hall–Kier alpha value is -1.26. The first kappa shape index (κ1) is 15.1. The number of nitrogens with one attached hydrogen (secondary N) is 1. The Labute approximate surface area is 128 Å². The van der Waals surface area contributed by atoms with Gasteiger partial charge in [-0.3, -0.25) is 14.5 Å². The first-order chi connectivity index (χ1) is 9.45. The Balaban J connectivity index is 2.51. The van der Waals surface area contributed by atoms with Crippen LogP contribution in [-0.4, -0.2) is 23.9 Å². The van der Waals surface area contributed by atoms with Crippen LogP contribution < -0.4 is 10.2 Å². The van der Waals surface area contributed by atoms with Gasteiger partial charge in [-0.05, 0) is 25.0 Å². The molecule has 1 aliphatic heterocycles. The molecular weight excluding hydrogens is 299 g/mol. The van der Waals surface area contributed by atoms with E-state index in [2.05, 4.69) is 5.32 Å². The molecule has 0 bridgehead atoms. The first-order valence-electron chi connectivity index (χ1n) is 6.52. The number of amides is 2. The molecule has 1 aliphatic rings. The molecule has 0 unspecified atom stereocenters. The lowest BCUT2D eigenvalue weighted by molar-refractivity contribution is -0.136. The largest absolute Gasteiger partial charge is 0.340 e. The summed E-state index contributed by atoms with van der Waals surface area (Å²) in [6.45, 7) is 3.68. The fourth-order valence-electron chi connectivity index (χ4n) is 2.49. The maximum atomic E-state index is 12.8. The molecule has 20 heavy (non-hydrogen) atoms. The number of piperazine rings is 1. The number of para-hydroxylation sites is 1. The summed E-state index contributed by atoms with van der Waals surface area (Å²) < 4.78 is 0. The van der Waals surface area contributed by atoms with Gasteiger partial charge < -0.3 is 5.32 Å². The van der Waals surface area contributed by atoms with Crippen LogP contribution in [0.1, 0.15) is 26.7 Å². The van der Waals surface area contributed by atoms with Crippen molar-refractivity contribution in [1.82, 2.24) is 5.32 Å². The molecule has 0 spiro atoms. The molecule has 1 heterocycles. The Morgan fingerprint density at radius 3 is 2.25 bits per heavy atom. The second-order valence-corrected chi connectivity index (χ2v) is 5.61. The van der Waals surface area contributed by atoms with Gasteiger partial charge in [0.1, 0.15) is 12.1 Å². The van der Waals surface area contributed by atoms with Crippen LogP contribution in [0, 0.1) is 0 Å². The van der Waals surface area contributed by atoms with Gasteiger partial charge in [0.2, 0.25) is 5.91 Å². The summed E-state index contributed by atoms with van der Waals surface area (Å²) in [7, 11) is 0. The average molecular weight is 315 g/mol. The van der Waals surface area contributed by atoms with Crippen molar-refractivity contribution in [2.24, 2.45) is 0 Å². The minimum Gasteiger partial charge on any atom is -0.340 e. The van der Waals surface area contributed by atoms with Crippen LogP contribution in [-0.2, 0) is 9.59 Å². The number of carbonyl (C=O) groups is 2. The zero-order valence-electron chi connectivity index (χ0n) is 11.4. The molecule has 0 atom stereocenters. The van der Waals surface area contributed by atoms with Gasteiger partial charge >= 0.3 is 0 Å². The zero-order chi connectivity index (χ0) is 14.9. The smallest absolute Gasteiger partial charge is 0.253 e. The van der Waals surface area contributed by atoms with E-state index in [4.69, 9.17) is 23.2 Å². The quantitative estimate of drug-likeness (QED) is 0.932. The molecule has 2 rings (SSSR count). The Bertz CT molecular complexity index is 536. The van der Waals surface area contributed by atoms with Crippen molar-refractivity contribution in [3.8, 4) is 0 Å². The van der Waals surface area contributed by atoms with Gasteiger partial charge in [-0.1, -0.05) is 43.1 Å². The second kappa shape index (κ2) is 5.62. The predicted molar refractivity (Wildman–Crippen MR) is 80.3 cm³/mol. The van der Waals surface area contributed by atoms with E-state index in [1.807, 2.05) is 13.8 Å². The van der Waals surface area contributed by atoms with Crippen molar-refractivity contribution in [2.45, 2.75) is 32.2 Å². The third-order valence-corrected chi connectivity index (χ3v) is 4.36. The molecular formula is C14H16Cl2N2O2. The highest BCUT2D eigenvalue weighted by Gasteiger charge is 2.45. The van der Waals surface area contributed by atoms with Crippen LogP contribution in [0.5, 0.6) is 0 Å². The van der Waals surface area contributed by atoms with Gasteiger partial charge in [-0.15, -0.1) is 0 Å². The van der Waals surface area contributed by atoms with Crippen molar-refractivity contribution in [3.63, 3.8) is 0 Å². The van der Waals surface area contributed by atoms with Crippen LogP contribution in [0.15, 0.2) is 18.2 Å². The second-order valence-electron chi connectivity index (χ2n) is 4.80.